The highest BCUT2D eigenvalue weighted by molar-refractivity contribution is 5.93. The zero-order chi connectivity index (χ0) is 15.2. The molecule has 0 aromatic heterocycles. The first kappa shape index (κ1) is 15.4. The third-order valence-electron chi connectivity index (χ3n) is 2.13. The van der Waals surface area contributed by atoms with Gasteiger partial charge < -0.3 is 10.1 Å². The largest absolute Gasteiger partial charge is 0.479 e. The molecule has 0 fully saturated rings. The molecule has 0 aliphatic heterocycles. The SMILES string of the molecule is C#CCOc1ccc(C(F)(F)F)cc1NC(=O)CC#N. The molecule has 0 bridgehead atoms. The molecule has 1 aromatic rings. The van der Waals surface area contributed by atoms with Gasteiger partial charge in [-0.3, -0.25) is 4.79 Å². The van der Waals surface area contributed by atoms with E-state index in [1.165, 1.54) is 0 Å². The van der Waals surface area contributed by atoms with Crippen molar-refractivity contribution >= 4 is 11.6 Å². The van der Waals surface area contributed by atoms with Crippen LogP contribution in [0.5, 0.6) is 5.75 Å². The highest BCUT2D eigenvalue weighted by Crippen LogP contribution is 2.35. The summed E-state index contributed by atoms with van der Waals surface area (Å²) in [6.45, 7) is -0.160. The zero-order valence-corrected chi connectivity index (χ0v) is 10.1. The quantitative estimate of drug-likeness (QED) is 0.863. The first-order chi connectivity index (χ1) is 9.38. The predicted molar refractivity (Wildman–Crippen MR) is 64.6 cm³/mol. The maximum atomic E-state index is 12.6. The Morgan fingerprint density at radius 3 is 2.70 bits per heavy atom. The van der Waals surface area contributed by atoms with Crippen molar-refractivity contribution in [3.8, 4) is 24.2 Å². The number of carbonyl (C=O) groups excluding carboxylic acids is 1. The summed E-state index contributed by atoms with van der Waals surface area (Å²) in [7, 11) is 0. The molecule has 0 radical (unpaired) electrons. The van der Waals surface area contributed by atoms with Gasteiger partial charge in [0, 0.05) is 0 Å². The normalized spacial score (nSPS) is 10.2. The summed E-state index contributed by atoms with van der Waals surface area (Å²) in [5.74, 6) is 1.42. The summed E-state index contributed by atoms with van der Waals surface area (Å²) in [6, 6.07) is 4.18. The lowest BCUT2D eigenvalue weighted by atomic mass is 10.1. The lowest BCUT2D eigenvalue weighted by Crippen LogP contribution is -2.13. The Bertz CT molecular complexity index is 583. The molecule has 0 aliphatic rings. The van der Waals surface area contributed by atoms with Gasteiger partial charge in [-0.25, -0.2) is 0 Å². The fourth-order valence-corrected chi connectivity index (χ4v) is 1.32. The maximum absolute atomic E-state index is 12.6. The summed E-state index contributed by atoms with van der Waals surface area (Å²) in [6.07, 6.45) is -0.0484. The number of carbonyl (C=O) groups is 1. The number of alkyl halides is 3. The standard InChI is InChI=1S/C13H9F3N2O2/c1-2-7-20-11-4-3-9(13(14,15)16)8-10(11)18-12(19)5-6-17/h1,3-4,8H,5,7H2,(H,18,19). The van der Waals surface area contributed by atoms with E-state index < -0.39 is 24.1 Å². The van der Waals surface area contributed by atoms with Gasteiger partial charge in [0.05, 0.1) is 17.3 Å². The second-order valence-electron chi connectivity index (χ2n) is 3.58. The number of nitrogens with zero attached hydrogens (tertiary/aromatic N) is 1. The van der Waals surface area contributed by atoms with Crippen LogP contribution in [0.25, 0.3) is 0 Å². The van der Waals surface area contributed by atoms with E-state index in [9.17, 15) is 18.0 Å². The number of hydrogen-bond donors (Lipinski definition) is 1. The van der Waals surface area contributed by atoms with Gasteiger partial charge in [-0.05, 0) is 18.2 Å². The smallest absolute Gasteiger partial charge is 0.416 e. The van der Waals surface area contributed by atoms with Crippen molar-refractivity contribution in [2.45, 2.75) is 12.6 Å². The van der Waals surface area contributed by atoms with Crippen LogP contribution < -0.4 is 10.1 Å². The van der Waals surface area contributed by atoms with E-state index in [1.54, 1.807) is 6.07 Å². The molecule has 104 valence electrons. The van der Waals surface area contributed by atoms with Crippen LogP contribution in [0.4, 0.5) is 18.9 Å². The number of hydrogen-bond acceptors (Lipinski definition) is 3. The van der Waals surface area contributed by atoms with Gasteiger partial charge in [0.15, 0.2) is 0 Å². The third-order valence-corrected chi connectivity index (χ3v) is 2.13. The molecule has 0 atom stereocenters. The van der Waals surface area contributed by atoms with Gasteiger partial charge in [0.25, 0.3) is 0 Å². The van der Waals surface area contributed by atoms with E-state index in [0.717, 1.165) is 18.2 Å². The minimum Gasteiger partial charge on any atom is -0.479 e. The van der Waals surface area contributed by atoms with Gasteiger partial charge in [0.1, 0.15) is 18.8 Å². The van der Waals surface area contributed by atoms with Gasteiger partial charge in [0.2, 0.25) is 5.91 Å². The van der Waals surface area contributed by atoms with Crippen molar-refractivity contribution in [1.82, 2.24) is 0 Å². The number of anilines is 1. The van der Waals surface area contributed by atoms with Gasteiger partial charge in [-0.15, -0.1) is 6.42 Å². The second-order valence-corrected chi connectivity index (χ2v) is 3.58. The Hall–Kier alpha value is -2.67. The van der Waals surface area contributed by atoms with Crippen LogP contribution in [0, 0.1) is 23.7 Å². The number of nitriles is 1. The molecule has 0 saturated heterocycles. The van der Waals surface area contributed by atoms with Crippen molar-refractivity contribution in [2.24, 2.45) is 0 Å². The van der Waals surface area contributed by atoms with E-state index in [-0.39, 0.29) is 18.0 Å². The Morgan fingerprint density at radius 1 is 1.45 bits per heavy atom. The Balaban J connectivity index is 3.10. The van der Waals surface area contributed by atoms with Gasteiger partial charge >= 0.3 is 6.18 Å². The first-order valence-corrected chi connectivity index (χ1v) is 5.32. The molecule has 1 rings (SSSR count). The Morgan fingerprint density at radius 2 is 2.15 bits per heavy atom. The number of terminal acetylenes is 1. The molecule has 7 heteroatoms. The van der Waals surface area contributed by atoms with Gasteiger partial charge in [-0.1, -0.05) is 5.92 Å². The summed E-state index contributed by atoms with van der Waals surface area (Å²) in [5, 5.41) is 10.5. The van der Waals surface area contributed by atoms with Crippen LogP contribution in [0.1, 0.15) is 12.0 Å². The lowest BCUT2D eigenvalue weighted by molar-refractivity contribution is -0.137. The summed E-state index contributed by atoms with van der Waals surface area (Å²) in [5.41, 5.74) is -1.13. The van der Waals surface area contributed by atoms with Crippen LogP contribution in [-0.2, 0) is 11.0 Å². The fourth-order valence-electron chi connectivity index (χ4n) is 1.32. The predicted octanol–water partition coefficient (Wildman–Crippen LogP) is 2.57. The van der Waals surface area contributed by atoms with Crippen LogP contribution in [0.2, 0.25) is 0 Å². The lowest BCUT2D eigenvalue weighted by Gasteiger charge is -2.13. The monoisotopic (exact) mass is 282 g/mol. The molecule has 0 unspecified atom stereocenters. The molecule has 4 nitrogen and oxygen atoms in total. The molecule has 1 N–H and O–H groups in total. The second kappa shape index (κ2) is 6.48. The molecule has 0 saturated carbocycles. The number of benzene rings is 1. The molecule has 0 heterocycles. The first-order valence-electron chi connectivity index (χ1n) is 5.32. The van der Waals surface area contributed by atoms with E-state index in [4.69, 9.17) is 16.4 Å². The van der Waals surface area contributed by atoms with Crippen molar-refractivity contribution in [2.75, 3.05) is 11.9 Å². The summed E-state index contributed by atoms with van der Waals surface area (Å²) >= 11 is 0. The van der Waals surface area contributed by atoms with E-state index in [2.05, 4.69) is 11.2 Å². The molecule has 0 spiro atoms. The highest BCUT2D eigenvalue weighted by Gasteiger charge is 2.31. The molecule has 20 heavy (non-hydrogen) atoms. The van der Waals surface area contributed by atoms with Crippen molar-refractivity contribution in [3.63, 3.8) is 0 Å². The van der Waals surface area contributed by atoms with Gasteiger partial charge in [-0.2, -0.15) is 18.4 Å². The number of nitrogens with one attached hydrogen (secondary N) is 1. The van der Waals surface area contributed by atoms with Crippen molar-refractivity contribution in [3.05, 3.63) is 23.8 Å². The Labute approximate surface area is 113 Å². The van der Waals surface area contributed by atoms with Crippen LogP contribution in [-0.4, -0.2) is 12.5 Å². The van der Waals surface area contributed by atoms with Crippen molar-refractivity contribution in [1.29, 1.82) is 5.26 Å². The van der Waals surface area contributed by atoms with Crippen LogP contribution >= 0.6 is 0 Å². The topological polar surface area (TPSA) is 62.1 Å². The van der Waals surface area contributed by atoms with E-state index >= 15 is 0 Å². The van der Waals surface area contributed by atoms with E-state index in [0.29, 0.717) is 0 Å². The number of ether oxygens (including phenoxy) is 1. The Kier molecular flexibility index (Phi) is 4.99. The third kappa shape index (κ3) is 4.21. The molecule has 1 aromatic carbocycles. The van der Waals surface area contributed by atoms with E-state index in [1.807, 2.05) is 0 Å². The molecule has 1 amide bonds. The zero-order valence-electron chi connectivity index (χ0n) is 10.1. The average molecular weight is 282 g/mol. The molecular formula is C13H9F3N2O2. The number of amides is 1. The van der Waals surface area contributed by atoms with Crippen LogP contribution in [0.15, 0.2) is 18.2 Å². The fraction of sp³-hybridized carbons (Fsp3) is 0.231. The average Bonchev–Trinajstić information content (AvgIpc) is 2.36. The molecule has 0 aliphatic carbocycles. The number of rotatable bonds is 4. The summed E-state index contributed by atoms with van der Waals surface area (Å²) < 4.78 is 42.8. The molecular weight excluding hydrogens is 273 g/mol. The number of halogens is 3. The van der Waals surface area contributed by atoms with Crippen molar-refractivity contribution < 1.29 is 22.7 Å². The minimum absolute atomic E-state index is 0.00207. The maximum Gasteiger partial charge on any atom is 0.416 e. The summed E-state index contributed by atoms with van der Waals surface area (Å²) in [4.78, 5) is 11.3. The van der Waals surface area contributed by atoms with Crippen LogP contribution in [0.3, 0.4) is 0 Å². The highest BCUT2D eigenvalue weighted by atomic mass is 19.4. The minimum atomic E-state index is -4.56.